The van der Waals surface area contributed by atoms with E-state index in [-0.39, 0.29) is 12.0 Å². The summed E-state index contributed by atoms with van der Waals surface area (Å²) in [5.41, 5.74) is 4.58. The summed E-state index contributed by atoms with van der Waals surface area (Å²) in [4.78, 5) is 21.1. The number of fused-ring (bicyclic) bond motifs is 1. The lowest BCUT2D eigenvalue weighted by Gasteiger charge is -2.36. The standard InChI is InChI=1S/C23H27F2N7O/c1-12-13(2)28-22-20(27-12)19(14-7-15(8-14)21(24)25)29-23(30-22)31-5-6-33-18(11-31)16-9-26-32(10-16)17-3-4-17/h9-10,14-15,17-18,21H,3-8,11H2,1-2H3. The van der Waals surface area contributed by atoms with E-state index in [4.69, 9.17) is 19.7 Å². The number of alkyl halides is 2. The zero-order chi connectivity index (χ0) is 22.7. The second kappa shape index (κ2) is 7.93. The molecule has 3 aromatic heterocycles. The van der Waals surface area contributed by atoms with Crippen LogP contribution >= 0.6 is 0 Å². The molecule has 33 heavy (non-hydrogen) atoms. The molecule has 2 saturated carbocycles. The zero-order valence-electron chi connectivity index (χ0n) is 18.8. The van der Waals surface area contributed by atoms with E-state index in [1.807, 2.05) is 24.7 Å². The van der Waals surface area contributed by atoms with E-state index >= 15 is 0 Å². The maximum absolute atomic E-state index is 13.1. The molecule has 6 rings (SSSR count). The van der Waals surface area contributed by atoms with Gasteiger partial charge in [0.15, 0.2) is 5.65 Å². The molecule has 2 aliphatic carbocycles. The minimum atomic E-state index is -2.29. The number of halogens is 2. The molecule has 0 N–H and O–H groups in total. The Kier molecular flexibility index (Phi) is 5.01. The van der Waals surface area contributed by atoms with Crippen LogP contribution in [0.1, 0.15) is 66.4 Å². The summed E-state index contributed by atoms with van der Waals surface area (Å²) in [5, 5.41) is 4.49. The Hall–Kier alpha value is -2.75. The van der Waals surface area contributed by atoms with Crippen LogP contribution in [0.25, 0.3) is 11.2 Å². The lowest BCUT2D eigenvalue weighted by Crippen LogP contribution is -2.39. The van der Waals surface area contributed by atoms with Crippen molar-refractivity contribution < 1.29 is 13.5 Å². The van der Waals surface area contributed by atoms with Crippen LogP contribution in [0.15, 0.2) is 12.4 Å². The number of nitrogens with zero attached hydrogens (tertiary/aromatic N) is 7. The summed E-state index contributed by atoms with van der Waals surface area (Å²) in [7, 11) is 0. The summed E-state index contributed by atoms with van der Waals surface area (Å²) < 4.78 is 34.3. The fraction of sp³-hybridized carbons (Fsp3) is 0.609. The van der Waals surface area contributed by atoms with Crippen LogP contribution in [-0.4, -0.2) is 55.8 Å². The molecule has 174 valence electrons. The number of aryl methyl sites for hydroxylation is 2. The fourth-order valence-corrected chi connectivity index (χ4v) is 4.73. The van der Waals surface area contributed by atoms with E-state index < -0.39 is 12.3 Å². The minimum absolute atomic E-state index is 0.0433. The molecule has 4 heterocycles. The third-order valence-corrected chi connectivity index (χ3v) is 7.14. The Morgan fingerprint density at radius 3 is 2.61 bits per heavy atom. The van der Waals surface area contributed by atoms with Crippen LogP contribution in [0.3, 0.4) is 0 Å². The molecule has 3 aromatic rings. The van der Waals surface area contributed by atoms with Gasteiger partial charge in [0, 0.05) is 30.1 Å². The monoisotopic (exact) mass is 455 g/mol. The van der Waals surface area contributed by atoms with Gasteiger partial charge in [-0.15, -0.1) is 0 Å². The van der Waals surface area contributed by atoms with Crippen molar-refractivity contribution in [3.8, 4) is 0 Å². The van der Waals surface area contributed by atoms with Gasteiger partial charge in [-0.25, -0.2) is 23.7 Å². The molecule has 3 aliphatic rings. The second-order valence-electron chi connectivity index (χ2n) is 9.53. The van der Waals surface area contributed by atoms with Crippen LogP contribution < -0.4 is 4.90 Å². The molecule has 0 aromatic carbocycles. The van der Waals surface area contributed by atoms with E-state index in [2.05, 4.69) is 21.2 Å². The molecular formula is C23H27F2N7O. The Labute approximate surface area is 190 Å². The first-order valence-electron chi connectivity index (χ1n) is 11.7. The number of ether oxygens (including phenoxy) is 1. The van der Waals surface area contributed by atoms with E-state index in [1.165, 1.54) is 12.8 Å². The molecule has 0 amide bonds. The lowest BCUT2D eigenvalue weighted by atomic mass is 9.73. The lowest BCUT2D eigenvalue weighted by molar-refractivity contribution is 0.0220. The van der Waals surface area contributed by atoms with Gasteiger partial charge in [-0.1, -0.05) is 0 Å². The van der Waals surface area contributed by atoms with Crippen LogP contribution in [-0.2, 0) is 4.74 Å². The number of hydrogen-bond donors (Lipinski definition) is 0. The highest BCUT2D eigenvalue weighted by atomic mass is 19.3. The Morgan fingerprint density at radius 2 is 1.85 bits per heavy atom. The van der Waals surface area contributed by atoms with Gasteiger partial charge in [-0.3, -0.25) is 4.68 Å². The predicted octanol–water partition coefficient (Wildman–Crippen LogP) is 3.90. The second-order valence-corrected chi connectivity index (χ2v) is 9.53. The van der Waals surface area contributed by atoms with Crippen LogP contribution in [0.5, 0.6) is 0 Å². The predicted molar refractivity (Wildman–Crippen MR) is 117 cm³/mol. The molecule has 1 unspecified atom stereocenters. The molecule has 0 bridgehead atoms. The van der Waals surface area contributed by atoms with E-state index in [9.17, 15) is 8.78 Å². The van der Waals surface area contributed by atoms with Crippen molar-refractivity contribution in [2.24, 2.45) is 5.92 Å². The number of hydrogen-bond acceptors (Lipinski definition) is 7. The Morgan fingerprint density at radius 1 is 1.06 bits per heavy atom. The van der Waals surface area contributed by atoms with Crippen molar-refractivity contribution in [2.45, 2.75) is 64.0 Å². The Bertz CT molecular complexity index is 1190. The maximum atomic E-state index is 13.1. The average Bonchev–Trinajstić information content (AvgIpc) is 3.50. The fourth-order valence-electron chi connectivity index (χ4n) is 4.73. The van der Waals surface area contributed by atoms with Gasteiger partial charge in [-0.2, -0.15) is 10.1 Å². The third kappa shape index (κ3) is 3.84. The van der Waals surface area contributed by atoms with Gasteiger partial charge in [0.1, 0.15) is 11.6 Å². The van der Waals surface area contributed by atoms with Crippen LogP contribution in [0.4, 0.5) is 14.7 Å². The number of aromatic nitrogens is 6. The Balaban J connectivity index is 1.32. The zero-order valence-corrected chi connectivity index (χ0v) is 18.8. The summed E-state index contributed by atoms with van der Waals surface area (Å²) in [6.45, 7) is 5.61. The number of morpholine rings is 1. The molecular weight excluding hydrogens is 428 g/mol. The number of anilines is 1. The van der Waals surface area contributed by atoms with E-state index in [0.717, 1.165) is 22.6 Å². The molecule has 1 aliphatic heterocycles. The molecule has 8 nitrogen and oxygen atoms in total. The quantitative estimate of drug-likeness (QED) is 0.577. The van der Waals surface area contributed by atoms with Gasteiger partial charge in [0.2, 0.25) is 12.4 Å². The summed E-state index contributed by atoms with van der Waals surface area (Å²) in [6, 6.07) is 0.523. The van der Waals surface area contributed by atoms with Crippen LogP contribution in [0, 0.1) is 19.8 Å². The largest absolute Gasteiger partial charge is 0.370 e. The SMILES string of the molecule is Cc1nc2nc(N3CCOC(c4cnn(C5CC5)c4)C3)nc(C3CC(C(F)F)C3)c2nc1C. The highest BCUT2D eigenvalue weighted by molar-refractivity contribution is 5.75. The molecule has 1 saturated heterocycles. The van der Waals surface area contributed by atoms with Crippen molar-refractivity contribution >= 4 is 17.1 Å². The van der Waals surface area contributed by atoms with Crippen molar-refractivity contribution in [1.82, 2.24) is 29.7 Å². The van der Waals surface area contributed by atoms with Gasteiger partial charge < -0.3 is 9.64 Å². The average molecular weight is 456 g/mol. The van der Waals surface area contributed by atoms with E-state index in [0.29, 0.717) is 55.7 Å². The first kappa shape index (κ1) is 20.8. The summed E-state index contributed by atoms with van der Waals surface area (Å²) >= 11 is 0. The first-order chi connectivity index (χ1) is 16.0. The van der Waals surface area contributed by atoms with Crippen LogP contribution in [0.2, 0.25) is 0 Å². The number of rotatable bonds is 5. The smallest absolute Gasteiger partial charge is 0.241 e. The minimum Gasteiger partial charge on any atom is -0.370 e. The summed E-state index contributed by atoms with van der Waals surface area (Å²) in [5.74, 6) is -0.0459. The third-order valence-electron chi connectivity index (χ3n) is 7.14. The first-order valence-corrected chi connectivity index (χ1v) is 11.7. The van der Waals surface area contributed by atoms with E-state index in [1.54, 1.807) is 0 Å². The molecule has 10 heteroatoms. The van der Waals surface area contributed by atoms with Gasteiger partial charge in [0.05, 0.1) is 42.5 Å². The molecule has 0 spiro atoms. The highest BCUT2D eigenvalue weighted by Crippen LogP contribution is 2.45. The molecule has 3 fully saturated rings. The highest BCUT2D eigenvalue weighted by Gasteiger charge is 2.39. The van der Waals surface area contributed by atoms with Gasteiger partial charge in [-0.05, 0) is 39.5 Å². The van der Waals surface area contributed by atoms with Crippen molar-refractivity contribution in [1.29, 1.82) is 0 Å². The normalized spacial score (nSPS) is 25.6. The van der Waals surface area contributed by atoms with Gasteiger partial charge >= 0.3 is 0 Å². The summed E-state index contributed by atoms with van der Waals surface area (Å²) in [6.07, 6.45) is 4.76. The molecule has 0 radical (unpaired) electrons. The van der Waals surface area contributed by atoms with Gasteiger partial charge in [0.25, 0.3) is 0 Å². The topological polar surface area (TPSA) is 81.9 Å². The molecule has 1 atom stereocenters. The maximum Gasteiger partial charge on any atom is 0.241 e. The van der Waals surface area contributed by atoms with Crippen molar-refractivity contribution in [2.75, 3.05) is 24.6 Å². The van der Waals surface area contributed by atoms with Crippen molar-refractivity contribution in [3.05, 3.63) is 35.0 Å². The van der Waals surface area contributed by atoms with Crippen molar-refractivity contribution in [3.63, 3.8) is 0 Å².